The number of hydrogen-bond acceptors (Lipinski definition) is 7. The Morgan fingerprint density at radius 3 is 2.23 bits per heavy atom. The number of carbonyl (C=O) groups excluding carboxylic acids is 1. The second-order valence-corrected chi connectivity index (χ2v) is 12.0. The van der Waals surface area contributed by atoms with Crippen molar-refractivity contribution in [1.29, 1.82) is 0 Å². The van der Waals surface area contributed by atoms with Crippen molar-refractivity contribution in [2.24, 2.45) is 0 Å². The van der Waals surface area contributed by atoms with Gasteiger partial charge in [0.1, 0.15) is 16.8 Å². The molecule has 0 saturated carbocycles. The van der Waals surface area contributed by atoms with Crippen molar-refractivity contribution < 1.29 is 31.8 Å². The number of halogens is 5. The van der Waals surface area contributed by atoms with Gasteiger partial charge in [0.15, 0.2) is 11.6 Å². The van der Waals surface area contributed by atoms with Gasteiger partial charge < -0.3 is 23.8 Å². The Hall–Kier alpha value is -4.29. The Bertz CT molecular complexity index is 1830. The lowest BCUT2D eigenvalue weighted by Crippen LogP contribution is -2.47. The van der Waals surface area contributed by atoms with E-state index in [1.165, 1.54) is 9.47 Å². The van der Waals surface area contributed by atoms with Crippen molar-refractivity contribution in [1.82, 2.24) is 9.47 Å². The van der Waals surface area contributed by atoms with Crippen molar-refractivity contribution in [3.05, 3.63) is 93.0 Å². The van der Waals surface area contributed by atoms with Crippen molar-refractivity contribution in [2.75, 3.05) is 55.7 Å². The van der Waals surface area contributed by atoms with E-state index < -0.39 is 46.0 Å². The lowest BCUT2D eigenvalue weighted by molar-refractivity contribution is -0.274. The van der Waals surface area contributed by atoms with Crippen molar-refractivity contribution in [3.63, 3.8) is 0 Å². The zero-order chi connectivity index (χ0) is 33.3. The summed E-state index contributed by atoms with van der Waals surface area (Å²) >= 11 is 6.15. The van der Waals surface area contributed by atoms with Gasteiger partial charge in [0.05, 0.1) is 12.0 Å². The summed E-state index contributed by atoms with van der Waals surface area (Å²) in [5.74, 6) is -2.92. The van der Waals surface area contributed by atoms with Crippen LogP contribution in [0.25, 0.3) is 16.6 Å². The molecule has 248 valence electrons. The number of pyridine rings is 1. The number of ether oxygens (including phenoxy) is 2. The van der Waals surface area contributed by atoms with Gasteiger partial charge in [0, 0.05) is 55.3 Å². The number of fused-ring (bicyclic) bond motifs is 1. The van der Waals surface area contributed by atoms with Crippen LogP contribution in [0.1, 0.15) is 35.7 Å². The predicted molar refractivity (Wildman–Crippen MR) is 173 cm³/mol. The number of likely N-dealkylation sites (tertiary alicyclic amines) is 1. The molecule has 0 unspecified atom stereocenters. The minimum atomic E-state index is -5.22. The van der Waals surface area contributed by atoms with E-state index >= 15 is 4.39 Å². The number of anilines is 2. The molecule has 0 radical (unpaired) electrons. The zero-order valence-electron chi connectivity index (χ0n) is 25.7. The number of nitrogens with zero attached hydrogens (tertiary/aromatic N) is 4. The zero-order valence-corrected chi connectivity index (χ0v) is 26.4. The normalized spacial score (nSPS) is 15.8. The van der Waals surface area contributed by atoms with Crippen molar-refractivity contribution >= 4 is 39.8 Å². The molecular weight excluding hydrogens is 640 g/mol. The largest absolute Gasteiger partial charge is 0.573 e. The van der Waals surface area contributed by atoms with Gasteiger partial charge in [0.25, 0.3) is 0 Å². The molecule has 4 aromatic rings. The highest BCUT2D eigenvalue weighted by atomic mass is 35.5. The summed E-state index contributed by atoms with van der Waals surface area (Å²) in [6.07, 6.45) is -1.85. The molecule has 0 aliphatic carbocycles. The lowest BCUT2D eigenvalue weighted by Gasteiger charge is -2.38. The molecule has 0 amide bonds. The lowest BCUT2D eigenvalue weighted by atomic mass is 10.1. The van der Waals surface area contributed by atoms with Crippen LogP contribution >= 0.6 is 11.6 Å². The fourth-order valence-electron chi connectivity index (χ4n) is 6.30. The molecule has 2 saturated heterocycles. The number of rotatable bonds is 8. The fraction of sp³-hybridized carbons (Fsp3) is 0.353. The molecule has 2 aliphatic rings. The van der Waals surface area contributed by atoms with Gasteiger partial charge in [-0.25, -0.2) is 9.18 Å². The third kappa shape index (κ3) is 7.03. The Kier molecular flexibility index (Phi) is 9.34. The minimum absolute atomic E-state index is 0.0432. The second kappa shape index (κ2) is 13.4. The smallest absolute Gasteiger partial charge is 0.462 e. The van der Waals surface area contributed by atoms with E-state index in [-0.39, 0.29) is 25.2 Å². The first-order chi connectivity index (χ1) is 22.5. The SMILES string of the molecule is CCOC(=O)c1cn(-c2ccc(CN3CCCC3)cc2)c2c(OC(F)(F)F)c(N3CCN(c4cccc(Cl)c4)CC3)c(F)cc2c1=O. The van der Waals surface area contributed by atoms with Gasteiger partial charge in [-0.1, -0.05) is 29.8 Å². The summed E-state index contributed by atoms with van der Waals surface area (Å²) in [4.78, 5) is 32.2. The molecule has 2 aliphatic heterocycles. The standard InChI is InChI=1S/C34H33ClF4N4O4/c1-2-46-33(45)27-21-43(24-10-8-22(9-11-24)20-40-12-3-4-13-40)29-26(31(27)44)19-28(36)30(32(29)47-34(37,38)39)42-16-14-41(15-17-42)25-7-5-6-23(35)18-25/h5-11,18-19,21H,2-4,12-17,20H2,1H3. The molecule has 1 aromatic heterocycles. The first-order valence-corrected chi connectivity index (χ1v) is 15.8. The molecule has 0 bridgehead atoms. The van der Waals surface area contributed by atoms with Crippen molar-refractivity contribution in [2.45, 2.75) is 32.7 Å². The van der Waals surface area contributed by atoms with E-state index in [1.807, 2.05) is 23.1 Å². The highest BCUT2D eigenvalue weighted by Gasteiger charge is 2.37. The summed E-state index contributed by atoms with van der Waals surface area (Å²) in [5.41, 5.74) is 0.00844. The molecule has 8 nitrogen and oxygen atoms in total. The third-order valence-corrected chi connectivity index (χ3v) is 8.71. The maximum absolute atomic E-state index is 16.1. The van der Waals surface area contributed by atoms with Crippen LogP contribution in [0.15, 0.2) is 65.6 Å². The van der Waals surface area contributed by atoms with Gasteiger partial charge in [0.2, 0.25) is 5.43 Å². The number of piperazine rings is 1. The van der Waals surface area contributed by atoms with E-state index in [9.17, 15) is 22.8 Å². The Labute approximate surface area is 273 Å². The molecule has 0 spiro atoms. The van der Waals surface area contributed by atoms with Crippen LogP contribution in [0.5, 0.6) is 5.75 Å². The number of esters is 1. The highest BCUT2D eigenvalue weighted by molar-refractivity contribution is 6.30. The van der Waals surface area contributed by atoms with Crippen LogP contribution < -0.4 is 20.0 Å². The molecule has 0 N–H and O–H groups in total. The number of hydrogen-bond donors (Lipinski definition) is 0. The Morgan fingerprint density at radius 1 is 0.915 bits per heavy atom. The van der Waals surface area contributed by atoms with Crippen LogP contribution in [0.4, 0.5) is 28.9 Å². The monoisotopic (exact) mass is 672 g/mol. The number of aromatic nitrogens is 1. The number of carbonyl (C=O) groups is 1. The number of alkyl halides is 3. The minimum Gasteiger partial charge on any atom is -0.462 e. The predicted octanol–water partition coefficient (Wildman–Crippen LogP) is 6.78. The maximum Gasteiger partial charge on any atom is 0.573 e. The van der Waals surface area contributed by atoms with E-state index in [1.54, 1.807) is 37.3 Å². The molecule has 47 heavy (non-hydrogen) atoms. The first-order valence-electron chi connectivity index (χ1n) is 15.4. The summed E-state index contributed by atoms with van der Waals surface area (Å²) < 4.78 is 69.3. The van der Waals surface area contributed by atoms with Crippen LogP contribution in [0, 0.1) is 5.82 Å². The van der Waals surface area contributed by atoms with E-state index in [0.717, 1.165) is 49.4 Å². The number of benzene rings is 3. The summed E-state index contributed by atoms with van der Waals surface area (Å²) in [6, 6.07) is 15.1. The molecule has 6 rings (SSSR count). The van der Waals surface area contributed by atoms with Crippen LogP contribution in [-0.2, 0) is 11.3 Å². The molecule has 13 heteroatoms. The Balaban J connectivity index is 1.49. The molecule has 3 aromatic carbocycles. The van der Waals surface area contributed by atoms with Gasteiger partial charge in [-0.2, -0.15) is 0 Å². The van der Waals surface area contributed by atoms with Crippen molar-refractivity contribution in [3.8, 4) is 11.4 Å². The third-order valence-electron chi connectivity index (χ3n) is 8.47. The van der Waals surface area contributed by atoms with Crippen LogP contribution in [0.2, 0.25) is 5.02 Å². The summed E-state index contributed by atoms with van der Waals surface area (Å²) in [7, 11) is 0. The average molecular weight is 673 g/mol. The highest BCUT2D eigenvalue weighted by Crippen LogP contribution is 2.42. The van der Waals surface area contributed by atoms with Gasteiger partial charge >= 0.3 is 12.3 Å². The van der Waals surface area contributed by atoms with Crippen LogP contribution in [0.3, 0.4) is 0 Å². The van der Waals surface area contributed by atoms with Gasteiger partial charge in [-0.3, -0.25) is 9.69 Å². The van der Waals surface area contributed by atoms with E-state index in [4.69, 9.17) is 16.3 Å². The fourth-order valence-corrected chi connectivity index (χ4v) is 6.49. The molecule has 2 fully saturated rings. The topological polar surface area (TPSA) is 67.2 Å². The maximum atomic E-state index is 16.1. The summed E-state index contributed by atoms with van der Waals surface area (Å²) in [6.45, 7) is 5.20. The van der Waals surface area contributed by atoms with Crippen LogP contribution in [-0.4, -0.2) is 67.7 Å². The first kappa shape index (κ1) is 32.6. The molecule has 0 atom stereocenters. The van der Waals surface area contributed by atoms with E-state index in [2.05, 4.69) is 9.64 Å². The molecule has 3 heterocycles. The van der Waals surface area contributed by atoms with Gasteiger partial charge in [-0.05, 0) is 74.8 Å². The second-order valence-electron chi connectivity index (χ2n) is 11.5. The Morgan fingerprint density at radius 2 is 1.60 bits per heavy atom. The average Bonchev–Trinajstić information content (AvgIpc) is 3.55. The van der Waals surface area contributed by atoms with E-state index in [0.29, 0.717) is 30.3 Å². The summed E-state index contributed by atoms with van der Waals surface area (Å²) in [5, 5.41) is 0.0883. The quantitative estimate of drug-likeness (QED) is 0.151. The molecular formula is C34H33ClF4N4O4. The van der Waals surface area contributed by atoms with Gasteiger partial charge in [-0.15, -0.1) is 13.2 Å².